The van der Waals surface area contributed by atoms with Gasteiger partial charge < -0.3 is 4.89 Å². The van der Waals surface area contributed by atoms with Crippen LogP contribution in [0.5, 0.6) is 5.75 Å². The molecular weight excluding hydrogens is 386 g/mol. The first-order valence-corrected chi connectivity index (χ1v) is 10.1. The molecule has 0 bridgehead atoms. The smallest absolute Gasteiger partial charge is 0.269 e. The normalized spacial score (nSPS) is 17.5. The molecule has 1 amide bonds. The standard InChI is InChI=1S/C22H23N3O5/c1-3-4-5-21(26)24-14(2)10-16-12-20-17(13-29-30-20)11-19(16)22(23-24)15-6-8-18(9-7-15)25(27)28/h6-9,11-12,14H,3-5,10,13H2,1-2H3. The van der Waals surface area contributed by atoms with Crippen LogP contribution in [0.4, 0.5) is 5.69 Å². The third kappa shape index (κ3) is 3.78. The number of benzene rings is 2. The first-order valence-electron chi connectivity index (χ1n) is 10.1. The molecule has 0 saturated carbocycles. The van der Waals surface area contributed by atoms with Crippen molar-refractivity contribution in [3.63, 3.8) is 0 Å². The van der Waals surface area contributed by atoms with Gasteiger partial charge in [-0.3, -0.25) is 14.9 Å². The van der Waals surface area contributed by atoms with Crippen molar-refractivity contribution < 1.29 is 19.5 Å². The second kappa shape index (κ2) is 8.23. The van der Waals surface area contributed by atoms with Crippen LogP contribution in [-0.4, -0.2) is 27.6 Å². The fourth-order valence-corrected chi connectivity index (χ4v) is 3.77. The Hall–Kier alpha value is -3.26. The van der Waals surface area contributed by atoms with Crippen LogP contribution in [0, 0.1) is 10.1 Å². The number of nitrogens with zero attached hydrogens (tertiary/aromatic N) is 3. The number of hydrogen-bond donors (Lipinski definition) is 0. The first kappa shape index (κ1) is 20.0. The highest BCUT2D eigenvalue weighted by Gasteiger charge is 2.29. The molecule has 1 atom stereocenters. The van der Waals surface area contributed by atoms with Crippen LogP contribution in [0.15, 0.2) is 41.5 Å². The molecule has 2 aromatic carbocycles. The number of nitro benzene ring substituents is 1. The van der Waals surface area contributed by atoms with Crippen LogP contribution in [-0.2, 0) is 22.7 Å². The van der Waals surface area contributed by atoms with Crippen LogP contribution in [0.2, 0.25) is 0 Å². The van der Waals surface area contributed by atoms with Crippen molar-refractivity contribution in [2.75, 3.05) is 0 Å². The highest BCUT2D eigenvalue weighted by atomic mass is 17.2. The molecule has 156 valence electrons. The molecule has 0 N–H and O–H groups in total. The van der Waals surface area contributed by atoms with Crippen molar-refractivity contribution >= 4 is 17.3 Å². The van der Waals surface area contributed by atoms with Crippen LogP contribution >= 0.6 is 0 Å². The number of rotatable bonds is 5. The van der Waals surface area contributed by atoms with Gasteiger partial charge in [0.15, 0.2) is 5.75 Å². The monoisotopic (exact) mass is 409 g/mol. The predicted octanol–water partition coefficient (Wildman–Crippen LogP) is 4.13. The van der Waals surface area contributed by atoms with Crippen molar-refractivity contribution in [1.82, 2.24) is 5.01 Å². The summed E-state index contributed by atoms with van der Waals surface area (Å²) in [5.41, 5.74) is 4.12. The summed E-state index contributed by atoms with van der Waals surface area (Å²) in [6.07, 6.45) is 2.78. The maximum atomic E-state index is 12.9. The number of non-ortho nitro benzene ring substituents is 1. The van der Waals surface area contributed by atoms with Gasteiger partial charge in [0.05, 0.1) is 16.7 Å². The molecule has 0 spiro atoms. The van der Waals surface area contributed by atoms with Crippen LogP contribution in [0.25, 0.3) is 0 Å². The fourth-order valence-electron chi connectivity index (χ4n) is 3.77. The predicted molar refractivity (Wildman–Crippen MR) is 110 cm³/mol. The zero-order valence-electron chi connectivity index (χ0n) is 17.0. The zero-order chi connectivity index (χ0) is 21.3. The summed E-state index contributed by atoms with van der Waals surface area (Å²) in [4.78, 5) is 33.8. The topological polar surface area (TPSA) is 94.3 Å². The van der Waals surface area contributed by atoms with E-state index >= 15 is 0 Å². The molecular formula is C22H23N3O5. The number of nitro groups is 1. The molecule has 2 heterocycles. The first-order chi connectivity index (χ1) is 14.5. The van der Waals surface area contributed by atoms with E-state index in [0.29, 0.717) is 36.5 Å². The van der Waals surface area contributed by atoms with E-state index < -0.39 is 4.92 Å². The third-order valence-corrected chi connectivity index (χ3v) is 5.40. The van der Waals surface area contributed by atoms with Crippen molar-refractivity contribution in [2.45, 2.75) is 52.2 Å². The highest BCUT2D eigenvalue weighted by Crippen LogP contribution is 2.34. The maximum Gasteiger partial charge on any atom is 0.269 e. The lowest BCUT2D eigenvalue weighted by atomic mass is 9.92. The lowest BCUT2D eigenvalue weighted by Gasteiger charge is -2.23. The Balaban J connectivity index is 1.82. The number of fused-ring (bicyclic) bond motifs is 2. The van der Waals surface area contributed by atoms with Crippen molar-refractivity contribution in [3.05, 3.63) is 68.8 Å². The van der Waals surface area contributed by atoms with Gasteiger partial charge in [-0.2, -0.15) is 9.99 Å². The Bertz CT molecular complexity index is 1020. The van der Waals surface area contributed by atoms with Crippen molar-refractivity contribution in [1.29, 1.82) is 0 Å². The zero-order valence-corrected chi connectivity index (χ0v) is 17.0. The molecule has 8 nitrogen and oxygen atoms in total. The number of carbonyl (C=O) groups is 1. The van der Waals surface area contributed by atoms with Gasteiger partial charge in [0.25, 0.3) is 5.69 Å². The van der Waals surface area contributed by atoms with Crippen LogP contribution in [0.3, 0.4) is 0 Å². The Kier molecular flexibility index (Phi) is 5.50. The molecule has 30 heavy (non-hydrogen) atoms. The average molecular weight is 409 g/mol. The van der Waals surface area contributed by atoms with Crippen LogP contribution in [0.1, 0.15) is 55.4 Å². The van der Waals surface area contributed by atoms with Gasteiger partial charge in [-0.1, -0.05) is 13.3 Å². The summed E-state index contributed by atoms with van der Waals surface area (Å²) in [7, 11) is 0. The Morgan fingerprint density at radius 3 is 2.73 bits per heavy atom. The summed E-state index contributed by atoms with van der Waals surface area (Å²) in [5.74, 6) is 0.651. The summed E-state index contributed by atoms with van der Waals surface area (Å²) >= 11 is 0. The quantitative estimate of drug-likeness (QED) is 0.420. The van der Waals surface area contributed by atoms with Gasteiger partial charge in [0.2, 0.25) is 5.91 Å². The van der Waals surface area contributed by atoms with Gasteiger partial charge in [-0.25, -0.2) is 5.01 Å². The molecule has 4 rings (SSSR count). The number of carbonyl (C=O) groups excluding carboxylic acids is 1. The summed E-state index contributed by atoms with van der Waals surface area (Å²) in [6.45, 7) is 4.36. The van der Waals surface area contributed by atoms with E-state index in [1.54, 1.807) is 17.1 Å². The summed E-state index contributed by atoms with van der Waals surface area (Å²) < 4.78 is 0. The Morgan fingerprint density at radius 1 is 1.27 bits per heavy atom. The molecule has 0 saturated heterocycles. The molecule has 2 aliphatic rings. The highest BCUT2D eigenvalue weighted by molar-refractivity contribution is 6.14. The van der Waals surface area contributed by atoms with E-state index in [2.05, 4.69) is 0 Å². The molecule has 8 heteroatoms. The molecule has 2 aliphatic heterocycles. The Morgan fingerprint density at radius 2 is 2.03 bits per heavy atom. The van der Waals surface area contributed by atoms with Gasteiger partial charge in [0.1, 0.15) is 6.61 Å². The third-order valence-electron chi connectivity index (χ3n) is 5.40. The minimum Gasteiger partial charge on any atom is -0.337 e. The Labute approximate surface area is 174 Å². The largest absolute Gasteiger partial charge is 0.337 e. The minimum atomic E-state index is -0.434. The molecule has 0 aliphatic carbocycles. The van der Waals surface area contributed by atoms with E-state index in [1.165, 1.54) is 12.1 Å². The second-order valence-electron chi connectivity index (χ2n) is 7.61. The molecule has 0 fully saturated rings. The van der Waals surface area contributed by atoms with Gasteiger partial charge in [0, 0.05) is 35.2 Å². The molecule has 1 unspecified atom stereocenters. The average Bonchev–Trinajstić information content (AvgIpc) is 3.14. The number of hydrazone groups is 1. The van der Waals surface area contributed by atoms with Gasteiger partial charge in [-0.15, -0.1) is 0 Å². The summed E-state index contributed by atoms with van der Waals surface area (Å²) in [5, 5.41) is 17.4. The lowest BCUT2D eigenvalue weighted by Crippen LogP contribution is -2.35. The van der Waals surface area contributed by atoms with Crippen molar-refractivity contribution in [2.24, 2.45) is 5.10 Å². The van der Waals surface area contributed by atoms with Crippen LogP contribution < -0.4 is 4.89 Å². The summed E-state index contributed by atoms with van der Waals surface area (Å²) in [6, 6.07) is 10.0. The maximum absolute atomic E-state index is 12.9. The molecule has 0 aromatic heterocycles. The van der Waals surface area contributed by atoms with E-state index in [0.717, 1.165) is 29.5 Å². The lowest BCUT2D eigenvalue weighted by molar-refractivity contribution is -0.384. The van der Waals surface area contributed by atoms with Crippen molar-refractivity contribution in [3.8, 4) is 5.75 Å². The number of hydrogen-bond acceptors (Lipinski definition) is 6. The number of unbranched alkanes of at least 4 members (excludes halogenated alkanes) is 1. The van der Waals surface area contributed by atoms with Gasteiger partial charge >= 0.3 is 0 Å². The minimum absolute atomic E-state index is 0.00759. The number of amides is 1. The second-order valence-corrected chi connectivity index (χ2v) is 7.61. The van der Waals surface area contributed by atoms with E-state index in [1.807, 2.05) is 26.0 Å². The SMILES string of the molecule is CCCCC(=O)N1N=C(c2ccc([N+](=O)[O-])cc2)c2cc3c(cc2CC1C)OOC3. The fraction of sp³-hybridized carbons (Fsp3) is 0.364. The molecule has 2 aromatic rings. The van der Waals surface area contributed by atoms with E-state index in [9.17, 15) is 14.9 Å². The van der Waals surface area contributed by atoms with E-state index in [4.69, 9.17) is 14.9 Å². The molecule has 0 radical (unpaired) electrons. The van der Waals surface area contributed by atoms with Gasteiger partial charge in [-0.05, 0) is 49.6 Å². The van der Waals surface area contributed by atoms with E-state index in [-0.39, 0.29) is 17.6 Å².